The maximum atomic E-state index is 14.1. The van der Waals surface area contributed by atoms with Crippen LogP contribution in [0.3, 0.4) is 0 Å². The Morgan fingerprint density at radius 1 is 1.08 bits per heavy atom. The summed E-state index contributed by atoms with van der Waals surface area (Å²) in [4.78, 5) is 48.9. The van der Waals surface area contributed by atoms with Gasteiger partial charge >= 0.3 is 6.09 Å². The van der Waals surface area contributed by atoms with Crippen LogP contribution in [0.15, 0.2) is 85.3 Å². The van der Waals surface area contributed by atoms with Gasteiger partial charge in [0.1, 0.15) is 12.2 Å². The summed E-state index contributed by atoms with van der Waals surface area (Å²) in [5, 5.41) is 17.6. The van der Waals surface area contributed by atoms with E-state index in [9.17, 15) is 14.4 Å². The predicted octanol–water partition coefficient (Wildman–Crippen LogP) is 6.78. The zero-order valence-corrected chi connectivity index (χ0v) is 28.3. The van der Waals surface area contributed by atoms with E-state index < -0.39 is 12.1 Å². The summed E-state index contributed by atoms with van der Waals surface area (Å²) >= 11 is 6.33. The van der Waals surface area contributed by atoms with Crippen molar-refractivity contribution >= 4 is 47.0 Å². The van der Waals surface area contributed by atoms with Crippen LogP contribution in [0.1, 0.15) is 61.5 Å². The number of amides is 3. The second-order valence-corrected chi connectivity index (χ2v) is 12.2. The van der Waals surface area contributed by atoms with Crippen molar-refractivity contribution < 1.29 is 19.1 Å². The first-order chi connectivity index (χ1) is 24.3. The van der Waals surface area contributed by atoms with E-state index in [4.69, 9.17) is 21.3 Å². The summed E-state index contributed by atoms with van der Waals surface area (Å²) in [6.45, 7) is 2.45. The average molecular weight is 694 g/mol. The molecule has 256 valence electrons. The van der Waals surface area contributed by atoms with E-state index in [0.717, 1.165) is 18.4 Å². The fourth-order valence-corrected chi connectivity index (χ4v) is 6.39. The Balaban J connectivity index is 1.36. The van der Waals surface area contributed by atoms with Gasteiger partial charge in [0.05, 0.1) is 30.2 Å². The number of tetrazole rings is 1. The smallest absolute Gasteiger partial charge is 0.411 e. The summed E-state index contributed by atoms with van der Waals surface area (Å²) in [5.74, 6) is 0.208. The number of ether oxygens (including phenoxy) is 1. The first-order valence-corrected chi connectivity index (χ1v) is 16.6. The molecule has 3 aromatic carbocycles. The molecule has 0 spiro atoms. The normalized spacial score (nSPS) is 15.9. The number of hydrogen-bond acceptors (Lipinski definition) is 8. The molecular formula is C36H36ClN9O4. The number of hydrogen-bond donors (Lipinski definition) is 3. The van der Waals surface area contributed by atoms with Gasteiger partial charge in [-0.3, -0.25) is 14.9 Å². The van der Waals surface area contributed by atoms with Crippen LogP contribution in [-0.4, -0.2) is 66.6 Å². The number of aromatic nitrogens is 6. The summed E-state index contributed by atoms with van der Waals surface area (Å²) in [6, 6.07) is 20.1. The van der Waals surface area contributed by atoms with Crippen LogP contribution in [0.2, 0.25) is 5.02 Å². The number of halogens is 1. The maximum Gasteiger partial charge on any atom is 0.411 e. The molecule has 0 aliphatic carbocycles. The van der Waals surface area contributed by atoms with Crippen molar-refractivity contribution in [2.75, 3.05) is 24.3 Å². The number of piperidine rings is 1. The fourth-order valence-electron chi connectivity index (χ4n) is 6.21. The van der Waals surface area contributed by atoms with Crippen LogP contribution in [0.5, 0.6) is 0 Å². The number of likely N-dealkylation sites (tertiary alicyclic amines) is 1. The number of nitrogens with zero attached hydrogens (tertiary/aromatic N) is 6. The summed E-state index contributed by atoms with van der Waals surface area (Å²) in [6.07, 6.45) is 8.54. The Hall–Kier alpha value is -5.82. The molecule has 0 bridgehead atoms. The molecule has 3 N–H and O–H groups in total. The van der Waals surface area contributed by atoms with Gasteiger partial charge in [-0.05, 0) is 77.7 Å². The van der Waals surface area contributed by atoms with Gasteiger partial charge in [0.25, 0.3) is 0 Å². The highest BCUT2D eigenvalue weighted by Gasteiger charge is 2.37. The van der Waals surface area contributed by atoms with E-state index >= 15 is 0 Å². The second-order valence-electron chi connectivity index (χ2n) is 11.8. The predicted molar refractivity (Wildman–Crippen MR) is 190 cm³/mol. The van der Waals surface area contributed by atoms with Gasteiger partial charge in [0.15, 0.2) is 0 Å². The van der Waals surface area contributed by atoms with Gasteiger partial charge < -0.3 is 19.9 Å². The third kappa shape index (κ3) is 7.73. The minimum atomic E-state index is -0.629. The van der Waals surface area contributed by atoms with Crippen molar-refractivity contribution in [1.29, 1.82) is 0 Å². The summed E-state index contributed by atoms with van der Waals surface area (Å²) < 4.78 is 6.25. The number of H-pyrrole nitrogens is 1. The molecule has 2 aromatic heterocycles. The fraction of sp³-hybridized carbons (Fsp3) is 0.250. The van der Waals surface area contributed by atoms with Crippen molar-refractivity contribution in [3.05, 3.63) is 107 Å². The van der Waals surface area contributed by atoms with Crippen LogP contribution in [0, 0.1) is 0 Å². The molecule has 5 aromatic rings. The zero-order chi connectivity index (χ0) is 35.0. The van der Waals surface area contributed by atoms with E-state index in [-0.39, 0.29) is 17.7 Å². The van der Waals surface area contributed by atoms with Gasteiger partial charge in [-0.1, -0.05) is 48.9 Å². The number of imidazole rings is 1. The number of anilines is 2. The van der Waals surface area contributed by atoms with Crippen molar-refractivity contribution in [2.24, 2.45) is 0 Å². The molecule has 3 heterocycles. The first-order valence-electron chi connectivity index (χ1n) is 16.3. The Bertz CT molecular complexity index is 2000. The molecule has 1 fully saturated rings. The number of aromatic amines is 1. The minimum absolute atomic E-state index is 0.0420. The number of rotatable bonds is 10. The van der Waals surface area contributed by atoms with Crippen molar-refractivity contribution in [3.63, 3.8) is 0 Å². The van der Waals surface area contributed by atoms with Gasteiger partial charge in [-0.2, -0.15) is 4.68 Å². The number of benzene rings is 3. The van der Waals surface area contributed by atoms with Crippen molar-refractivity contribution in [2.45, 2.75) is 44.6 Å². The third-order valence-electron chi connectivity index (χ3n) is 8.49. The lowest BCUT2D eigenvalue weighted by molar-refractivity contribution is -0.130. The largest absolute Gasteiger partial charge is 0.453 e. The highest BCUT2D eigenvalue weighted by atomic mass is 35.5. The number of methoxy groups -OCH3 is 1. The Labute approximate surface area is 293 Å². The highest BCUT2D eigenvalue weighted by molar-refractivity contribution is 6.30. The Morgan fingerprint density at radius 2 is 1.92 bits per heavy atom. The maximum absolute atomic E-state index is 14.1. The lowest BCUT2D eigenvalue weighted by Gasteiger charge is -2.40. The minimum Gasteiger partial charge on any atom is -0.453 e. The molecule has 0 saturated carbocycles. The number of carbonyl (C=O) groups excluding carboxylic acids is 3. The van der Waals surface area contributed by atoms with E-state index in [1.54, 1.807) is 48.7 Å². The number of carbonyl (C=O) groups is 3. The van der Waals surface area contributed by atoms with Crippen molar-refractivity contribution in [1.82, 2.24) is 35.1 Å². The third-order valence-corrected chi connectivity index (χ3v) is 8.72. The van der Waals surface area contributed by atoms with Gasteiger partial charge in [-0.15, -0.1) is 5.10 Å². The SMILES string of the molecule is CCCC(=O)Nc1cc(NC(=O)OC)ccc1-c1c[nH]c(C2C(c3ccccc3)CCCN2C(=O)/C=C/c2cc(Cl)ccc2-n2cnnn2)n1. The molecule has 2 unspecified atom stereocenters. The zero-order valence-electron chi connectivity index (χ0n) is 27.5. The lowest BCUT2D eigenvalue weighted by Crippen LogP contribution is -2.41. The van der Waals surface area contributed by atoms with E-state index in [1.165, 1.54) is 24.2 Å². The second kappa shape index (κ2) is 15.6. The molecule has 14 heteroatoms. The van der Waals surface area contributed by atoms with Gasteiger partial charge in [0.2, 0.25) is 11.8 Å². The number of nitrogens with one attached hydrogen (secondary N) is 3. The average Bonchev–Trinajstić information content (AvgIpc) is 3.84. The van der Waals surface area contributed by atoms with E-state index in [0.29, 0.717) is 64.1 Å². The van der Waals surface area contributed by atoms with Crippen LogP contribution >= 0.6 is 11.6 Å². The molecule has 1 aliphatic rings. The van der Waals surface area contributed by atoms with Crippen molar-refractivity contribution in [3.8, 4) is 16.9 Å². The van der Waals surface area contributed by atoms with Crippen LogP contribution < -0.4 is 10.6 Å². The molecule has 6 rings (SSSR count). The van der Waals surface area contributed by atoms with Crippen LogP contribution in [0.25, 0.3) is 23.0 Å². The van der Waals surface area contributed by atoms with Crippen LogP contribution in [-0.2, 0) is 14.3 Å². The molecule has 3 amide bonds. The van der Waals surface area contributed by atoms with Crippen LogP contribution in [0.4, 0.5) is 16.2 Å². The topological polar surface area (TPSA) is 160 Å². The molecule has 0 radical (unpaired) electrons. The highest BCUT2D eigenvalue weighted by Crippen LogP contribution is 2.43. The van der Waals surface area contributed by atoms with E-state index in [1.807, 2.05) is 30.0 Å². The standard InChI is InChI=1S/C36H36ClN9O4/c1-3-8-32(47)41-29-20-26(40-36(49)50-2)14-15-28(29)30-21-38-35(42-30)34-27(23-9-5-4-6-10-23)11-7-18-45(34)33(48)17-12-24-19-25(37)13-16-31(24)46-22-39-43-44-46/h4-6,9-10,12-17,19-22,27,34H,3,7-8,11,18H2,1-2H3,(H,38,42)(H,40,49)(H,41,47)/b17-12+. The molecule has 2 atom stereocenters. The molecule has 1 saturated heterocycles. The quantitative estimate of drug-likeness (QED) is 0.135. The van der Waals surface area contributed by atoms with Gasteiger partial charge in [0, 0.05) is 53.0 Å². The Kier molecular flexibility index (Phi) is 10.6. The van der Waals surface area contributed by atoms with E-state index in [2.05, 4.69) is 43.3 Å². The lowest BCUT2D eigenvalue weighted by atomic mass is 9.83. The first kappa shape index (κ1) is 34.1. The van der Waals surface area contributed by atoms with Gasteiger partial charge in [-0.25, -0.2) is 9.78 Å². The molecule has 1 aliphatic heterocycles. The Morgan fingerprint density at radius 3 is 2.68 bits per heavy atom. The molecule has 13 nitrogen and oxygen atoms in total. The molecular weight excluding hydrogens is 658 g/mol. The monoisotopic (exact) mass is 693 g/mol. The molecule has 50 heavy (non-hydrogen) atoms. The summed E-state index contributed by atoms with van der Waals surface area (Å²) in [7, 11) is 1.28. The summed E-state index contributed by atoms with van der Waals surface area (Å²) in [5.41, 5.74) is 4.59.